The zero-order valence-corrected chi connectivity index (χ0v) is 11.4. The van der Waals surface area contributed by atoms with Gasteiger partial charge in [-0.25, -0.2) is 4.79 Å². The molecular weight excluding hydrogens is 268 g/mol. The molecule has 106 valence electrons. The highest BCUT2D eigenvalue weighted by Crippen LogP contribution is 2.29. The Hall–Kier alpha value is -2.82. The van der Waals surface area contributed by atoms with E-state index < -0.39 is 11.9 Å². The van der Waals surface area contributed by atoms with Crippen LogP contribution in [0, 0.1) is 0 Å². The molecule has 1 amide bonds. The number of hydrogen-bond acceptors (Lipinski definition) is 2. The number of carbonyl (C=O) groups is 2. The fourth-order valence-corrected chi connectivity index (χ4v) is 2.55. The molecule has 0 unspecified atom stereocenters. The second-order valence-electron chi connectivity index (χ2n) is 4.84. The average molecular weight is 282 g/mol. The lowest BCUT2D eigenvalue weighted by Crippen LogP contribution is -2.21. The summed E-state index contributed by atoms with van der Waals surface area (Å²) in [6.07, 6.45) is 0.923. The Bertz CT molecular complexity index is 864. The number of rotatable bonds is 2. The number of para-hydroxylation sites is 1. The maximum Gasteiger partial charge on any atom is 0.394 e. The number of benzene rings is 2. The van der Waals surface area contributed by atoms with Gasteiger partial charge in [-0.1, -0.05) is 31.2 Å². The quantitative estimate of drug-likeness (QED) is 0.632. The van der Waals surface area contributed by atoms with Crippen molar-refractivity contribution in [3.63, 3.8) is 0 Å². The molecule has 2 aromatic carbocycles. The number of carboxylic acid groups (broad SMARTS) is 1. The van der Waals surface area contributed by atoms with E-state index in [-0.39, 0.29) is 0 Å². The third kappa shape index (κ3) is 2.23. The first-order valence-electron chi connectivity index (χ1n) is 6.67. The van der Waals surface area contributed by atoms with Gasteiger partial charge in [0.05, 0.1) is 0 Å². The van der Waals surface area contributed by atoms with Gasteiger partial charge in [-0.05, 0) is 24.1 Å². The molecule has 0 saturated carbocycles. The molecule has 3 N–H and O–H groups in total. The molecule has 21 heavy (non-hydrogen) atoms. The number of H-pyrrole nitrogens is 1. The zero-order chi connectivity index (χ0) is 15.0. The van der Waals surface area contributed by atoms with Crippen LogP contribution in [0.15, 0.2) is 36.4 Å². The molecule has 5 nitrogen and oxygen atoms in total. The van der Waals surface area contributed by atoms with Crippen LogP contribution in [-0.4, -0.2) is 22.0 Å². The molecule has 3 rings (SSSR count). The van der Waals surface area contributed by atoms with E-state index in [1.165, 1.54) is 5.56 Å². The molecule has 1 aromatic heterocycles. The topological polar surface area (TPSA) is 82.2 Å². The smallest absolute Gasteiger partial charge is 0.394 e. The molecule has 0 spiro atoms. The number of hydrogen-bond donors (Lipinski definition) is 3. The van der Waals surface area contributed by atoms with E-state index in [0.29, 0.717) is 5.69 Å². The molecule has 0 saturated heterocycles. The van der Waals surface area contributed by atoms with Gasteiger partial charge in [-0.15, -0.1) is 0 Å². The van der Waals surface area contributed by atoms with Crippen molar-refractivity contribution in [3.8, 4) is 0 Å². The molecule has 0 aliphatic heterocycles. The third-order valence-corrected chi connectivity index (χ3v) is 3.55. The SMILES string of the molecule is CCc1cccc2c1[nH]c1cc(NC(=O)C(=O)O)ccc12. The van der Waals surface area contributed by atoms with Gasteiger partial charge in [0.1, 0.15) is 0 Å². The molecular formula is C16H14N2O3. The van der Waals surface area contributed by atoms with Crippen LogP contribution < -0.4 is 5.32 Å². The minimum absolute atomic E-state index is 0.458. The number of carbonyl (C=O) groups excluding carboxylic acids is 1. The van der Waals surface area contributed by atoms with Crippen molar-refractivity contribution in [1.82, 2.24) is 4.98 Å². The van der Waals surface area contributed by atoms with Crippen molar-refractivity contribution in [2.24, 2.45) is 0 Å². The normalized spacial score (nSPS) is 10.9. The first kappa shape index (κ1) is 13.2. The highest BCUT2D eigenvalue weighted by molar-refractivity contribution is 6.36. The van der Waals surface area contributed by atoms with Crippen molar-refractivity contribution in [2.75, 3.05) is 5.32 Å². The number of aryl methyl sites for hydroxylation is 1. The van der Waals surface area contributed by atoms with Crippen molar-refractivity contribution in [3.05, 3.63) is 42.0 Å². The Morgan fingerprint density at radius 1 is 1.19 bits per heavy atom. The van der Waals surface area contributed by atoms with Crippen LogP contribution in [0.4, 0.5) is 5.69 Å². The monoisotopic (exact) mass is 282 g/mol. The van der Waals surface area contributed by atoms with Gasteiger partial charge >= 0.3 is 11.9 Å². The second kappa shape index (κ2) is 4.94. The van der Waals surface area contributed by atoms with Crippen molar-refractivity contribution < 1.29 is 14.7 Å². The molecule has 0 radical (unpaired) electrons. The van der Waals surface area contributed by atoms with E-state index in [2.05, 4.69) is 23.3 Å². The largest absolute Gasteiger partial charge is 0.474 e. The van der Waals surface area contributed by atoms with Crippen LogP contribution in [0.1, 0.15) is 12.5 Å². The number of carboxylic acids is 1. The van der Waals surface area contributed by atoms with Gasteiger partial charge in [0, 0.05) is 27.5 Å². The summed E-state index contributed by atoms with van der Waals surface area (Å²) in [6, 6.07) is 11.5. The maximum atomic E-state index is 11.2. The van der Waals surface area contributed by atoms with Crippen molar-refractivity contribution >= 4 is 39.4 Å². The highest BCUT2D eigenvalue weighted by atomic mass is 16.4. The molecule has 0 bridgehead atoms. The van der Waals surface area contributed by atoms with E-state index in [4.69, 9.17) is 5.11 Å². The fourth-order valence-electron chi connectivity index (χ4n) is 2.55. The first-order chi connectivity index (χ1) is 10.1. The van der Waals surface area contributed by atoms with E-state index in [9.17, 15) is 9.59 Å². The van der Waals surface area contributed by atoms with Gasteiger partial charge < -0.3 is 15.4 Å². The van der Waals surface area contributed by atoms with Crippen molar-refractivity contribution in [1.29, 1.82) is 0 Å². The van der Waals surface area contributed by atoms with Gasteiger partial charge in [-0.3, -0.25) is 4.79 Å². The Morgan fingerprint density at radius 2 is 2.00 bits per heavy atom. The van der Waals surface area contributed by atoms with Crippen LogP contribution in [0.5, 0.6) is 0 Å². The Balaban J connectivity index is 2.12. The van der Waals surface area contributed by atoms with Gasteiger partial charge in [0.2, 0.25) is 0 Å². The lowest BCUT2D eigenvalue weighted by atomic mass is 10.1. The molecule has 5 heteroatoms. The number of anilines is 1. The number of aliphatic carboxylic acids is 1. The van der Waals surface area contributed by atoms with Crippen LogP contribution in [-0.2, 0) is 16.0 Å². The summed E-state index contributed by atoms with van der Waals surface area (Å²) in [5.74, 6) is -2.54. The number of aromatic nitrogens is 1. The molecule has 0 aliphatic rings. The van der Waals surface area contributed by atoms with E-state index in [1.54, 1.807) is 12.1 Å². The van der Waals surface area contributed by atoms with E-state index >= 15 is 0 Å². The first-order valence-corrected chi connectivity index (χ1v) is 6.67. The summed E-state index contributed by atoms with van der Waals surface area (Å²) in [5.41, 5.74) is 3.63. The van der Waals surface area contributed by atoms with E-state index in [0.717, 1.165) is 28.2 Å². The predicted molar refractivity (Wildman–Crippen MR) is 81.4 cm³/mol. The number of nitrogens with one attached hydrogen (secondary N) is 2. The lowest BCUT2D eigenvalue weighted by molar-refractivity contribution is -0.147. The summed E-state index contributed by atoms with van der Waals surface area (Å²) >= 11 is 0. The molecule has 0 aliphatic carbocycles. The lowest BCUT2D eigenvalue weighted by Gasteiger charge is -2.01. The average Bonchev–Trinajstić information content (AvgIpc) is 2.84. The Kier molecular flexibility index (Phi) is 3.10. The highest BCUT2D eigenvalue weighted by Gasteiger charge is 2.12. The van der Waals surface area contributed by atoms with Crippen LogP contribution in [0.3, 0.4) is 0 Å². The van der Waals surface area contributed by atoms with Gasteiger partial charge in [0.25, 0.3) is 0 Å². The summed E-state index contributed by atoms with van der Waals surface area (Å²) in [7, 11) is 0. The summed E-state index contributed by atoms with van der Waals surface area (Å²) in [5, 5.41) is 13.1. The third-order valence-electron chi connectivity index (χ3n) is 3.55. The predicted octanol–water partition coefficient (Wildman–Crippen LogP) is 2.91. The fraction of sp³-hybridized carbons (Fsp3) is 0.125. The van der Waals surface area contributed by atoms with Crippen LogP contribution >= 0.6 is 0 Å². The van der Waals surface area contributed by atoms with Gasteiger partial charge in [-0.2, -0.15) is 0 Å². The summed E-state index contributed by atoms with van der Waals surface area (Å²) in [4.78, 5) is 25.1. The molecule has 0 atom stereocenters. The standard InChI is InChI=1S/C16H14N2O3/c1-2-9-4-3-5-12-11-7-6-10(17-15(19)16(20)21)8-13(11)18-14(9)12/h3-8,18H,2H2,1H3,(H,17,19)(H,20,21). The summed E-state index contributed by atoms with van der Waals surface area (Å²) in [6.45, 7) is 2.10. The minimum atomic E-state index is -1.50. The van der Waals surface area contributed by atoms with E-state index in [1.807, 2.05) is 18.2 Å². The molecule has 3 aromatic rings. The summed E-state index contributed by atoms with van der Waals surface area (Å²) < 4.78 is 0. The van der Waals surface area contributed by atoms with Gasteiger partial charge in [0.15, 0.2) is 0 Å². The van der Waals surface area contributed by atoms with Crippen LogP contribution in [0.25, 0.3) is 21.8 Å². The Morgan fingerprint density at radius 3 is 2.71 bits per heavy atom. The number of amides is 1. The molecule has 1 heterocycles. The number of fused-ring (bicyclic) bond motifs is 3. The zero-order valence-electron chi connectivity index (χ0n) is 11.4. The van der Waals surface area contributed by atoms with Crippen molar-refractivity contribution in [2.45, 2.75) is 13.3 Å². The Labute approximate surface area is 120 Å². The maximum absolute atomic E-state index is 11.2. The molecule has 0 fully saturated rings. The number of aromatic amines is 1. The second-order valence-corrected chi connectivity index (χ2v) is 4.84. The minimum Gasteiger partial charge on any atom is -0.474 e. The van der Waals surface area contributed by atoms with Crippen LogP contribution in [0.2, 0.25) is 0 Å².